The van der Waals surface area contributed by atoms with E-state index in [1.54, 1.807) is 26.0 Å². The fourth-order valence-corrected chi connectivity index (χ4v) is 4.17. The predicted octanol–water partition coefficient (Wildman–Crippen LogP) is 5.67. The molecule has 6 nitrogen and oxygen atoms in total. The SMILES string of the molecule is COC(=O)c1cc(C)c(OC(=O)C2c3ccccc3Nc3ccc(OC(C)C)cc32)c(C)c1. The second-order valence-corrected chi connectivity index (χ2v) is 8.41. The minimum Gasteiger partial charge on any atom is -0.491 e. The molecule has 4 rings (SSSR count). The van der Waals surface area contributed by atoms with Crippen molar-refractivity contribution in [1.82, 2.24) is 0 Å². The van der Waals surface area contributed by atoms with Crippen LogP contribution in [0.2, 0.25) is 0 Å². The molecule has 0 amide bonds. The Kier molecular flexibility index (Phi) is 6.09. The number of ether oxygens (including phenoxy) is 3. The van der Waals surface area contributed by atoms with E-state index in [0.717, 1.165) is 22.5 Å². The Morgan fingerprint density at radius 1 is 0.909 bits per heavy atom. The van der Waals surface area contributed by atoms with Crippen molar-refractivity contribution < 1.29 is 23.8 Å². The standard InChI is InChI=1S/C27H27NO5/c1-15(2)32-19-10-11-23-21(14-19)24(20-8-6-7-9-22(20)28-23)27(30)33-25-16(3)12-18(13-17(25)4)26(29)31-5/h6-15,24,28H,1-5H3. The molecule has 1 atom stereocenters. The summed E-state index contributed by atoms with van der Waals surface area (Å²) in [6.45, 7) is 7.53. The third-order valence-corrected chi connectivity index (χ3v) is 5.57. The zero-order valence-corrected chi connectivity index (χ0v) is 19.4. The summed E-state index contributed by atoms with van der Waals surface area (Å²) in [6, 6.07) is 16.7. The number of nitrogens with one attached hydrogen (secondary N) is 1. The lowest BCUT2D eigenvalue weighted by Gasteiger charge is -2.29. The lowest BCUT2D eigenvalue weighted by Crippen LogP contribution is -2.25. The fraction of sp³-hybridized carbons (Fsp3) is 0.259. The first-order valence-electron chi connectivity index (χ1n) is 10.9. The van der Waals surface area contributed by atoms with Crippen LogP contribution in [-0.4, -0.2) is 25.2 Å². The molecule has 0 bridgehead atoms. The molecule has 1 heterocycles. The zero-order valence-electron chi connectivity index (χ0n) is 19.4. The number of benzene rings is 3. The molecule has 170 valence electrons. The summed E-state index contributed by atoms with van der Waals surface area (Å²) in [5.41, 5.74) is 5.10. The van der Waals surface area contributed by atoms with Crippen molar-refractivity contribution in [2.45, 2.75) is 39.7 Å². The molecular formula is C27H27NO5. The van der Waals surface area contributed by atoms with E-state index >= 15 is 0 Å². The molecular weight excluding hydrogens is 418 g/mol. The minimum absolute atomic E-state index is 0.0101. The first kappa shape index (κ1) is 22.4. The third kappa shape index (κ3) is 4.42. The summed E-state index contributed by atoms with van der Waals surface area (Å²) in [5.74, 6) is -0.327. The van der Waals surface area contributed by atoms with Gasteiger partial charge in [0, 0.05) is 11.4 Å². The Bertz CT molecular complexity index is 1210. The number of hydrogen-bond donors (Lipinski definition) is 1. The summed E-state index contributed by atoms with van der Waals surface area (Å²) in [4.78, 5) is 25.6. The number of methoxy groups -OCH3 is 1. The second-order valence-electron chi connectivity index (χ2n) is 8.41. The zero-order chi connectivity index (χ0) is 23.7. The van der Waals surface area contributed by atoms with Crippen molar-refractivity contribution in [2.24, 2.45) is 0 Å². The molecule has 6 heteroatoms. The van der Waals surface area contributed by atoms with Gasteiger partial charge in [0.25, 0.3) is 0 Å². The van der Waals surface area contributed by atoms with Gasteiger partial charge in [0.2, 0.25) is 0 Å². The highest BCUT2D eigenvalue weighted by atomic mass is 16.5. The van der Waals surface area contributed by atoms with Crippen molar-refractivity contribution >= 4 is 23.3 Å². The molecule has 0 aliphatic carbocycles. The number of anilines is 2. The van der Waals surface area contributed by atoms with Crippen molar-refractivity contribution in [3.63, 3.8) is 0 Å². The van der Waals surface area contributed by atoms with Gasteiger partial charge >= 0.3 is 11.9 Å². The van der Waals surface area contributed by atoms with Crippen LogP contribution in [0.3, 0.4) is 0 Å². The van der Waals surface area contributed by atoms with Crippen LogP contribution in [0.25, 0.3) is 0 Å². The molecule has 3 aromatic carbocycles. The largest absolute Gasteiger partial charge is 0.491 e. The Hall–Kier alpha value is -3.80. The van der Waals surface area contributed by atoms with Gasteiger partial charge in [0.05, 0.1) is 18.8 Å². The lowest BCUT2D eigenvalue weighted by molar-refractivity contribution is -0.135. The van der Waals surface area contributed by atoms with E-state index < -0.39 is 17.9 Å². The number of hydrogen-bond acceptors (Lipinski definition) is 6. The number of esters is 2. The highest BCUT2D eigenvalue weighted by molar-refractivity contribution is 5.93. The van der Waals surface area contributed by atoms with Gasteiger partial charge in [-0.05, 0) is 86.3 Å². The van der Waals surface area contributed by atoms with Crippen molar-refractivity contribution in [3.05, 3.63) is 82.4 Å². The van der Waals surface area contributed by atoms with Crippen LogP contribution in [-0.2, 0) is 9.53 Å². The van der Waals surface area contributed by atoms with E-state index in [9.17, 15) is 9.59 Å². The van der Waals surface area contributed by atoms with Gasteiger partial charge in [-0.3, -0.25) is 4.79 Å². The van der Waals surface area contributed by atoms with Crippen LogP contribution in [0.4, 0.5) is 11.4 Å². The Morgan fingerprint density at radius 3 is 2.24 bits per heavy atom. The minimum atomic E-state index is -0.632. The summed E-state index contributed by atoms with van der Waals surface area (Å²) in [5, 5.41) is 3.40. The Balaban J connectivity index is 1.74. The maximum atomic E-state index is 13.6. The smallest absolute Gasteiger partial charge is 0.337 e. The normalized spacial score (nSPS) is 14.1. The number of carbonyl (C=O) groups is 2. The molecule has 1 N–H and O–H groups in total. The molecule has 0 aromatic heterocycles. The molecule has 1 aliphatic rings. The summed E-state index contributed by atoms with van der Waals surface area (Å²) in [6.07, 6.45) is 0.0101. The molecule has 0 radical (unpaired) electrons. The molecule has 3 aromatic rings. The number of rotatable bonds is 5. The molecule has 0 fully saturated rings. The van der Waals surface area contributed by atoms with Crippen LogP contribution in [0, 0.1) is 13.8 Å². The van der Waals surface area contributed by atoms with Gasteiger partial charge in [-0.15, -0.1) is 0 Å². The van der Waals surface area contributed by atoms with E-state index in [2.05, 4.69) is 5.32 Å². The predicted molar refractivity (Wildman–Crippen MR) is 127 cm³/mol. The number of para-hydroxylation sites is 1. The third-order valence-electron chi connectivity index (χ3n) is 5.57. The van der Waals surface area contributed by atoms with Crippen molar-refractivity contribution in [2.75, 3.05) is 12.4 Å². The van der Waals surface area contributed by atoms with Crippen molar-refractivity contribution in [3.8, 4) is 11.5 Å². The number of aryl methyl sites for hydroxylation is 2. The molecule has 0 saturated carbocycles. The Labute approximate surface area is 193 Å². The maximum absolute atomic E-state index is 13.6. The van der Waals surface area contributed by atoms with Crippen LogP contribution in [0.1, 0.15) is 52.4 Å². The van der Waals surface area contributed by atoms with E-state index in [0.29, 0.717) is 28.2 Å². The Morgan fingerprint density at radius 2 is 1.58 bits per heavy atom. The highest BCUT2D eigenvalue weighted by Crippen LogP contribution is 2.43. The average Bonchev–Trinajstić information content (AvgIpc) is 2.78. The van der Waals surface area contributed by atoms with Crippen LogP contribution < -0.4 is 14.8 Å². The molecule has 0 spiro atoms. The fourth-order valence-electron chi connectivity index (χ4n) is 4.17. The number of carbonyl (C=O) groups excluding carboxylic acids is 2. The van der Waals surface area contributed by atoms with Gasteiger partial charge < -0.3 is 19.5 Å². The van der Waals surface area contributed by atoms with E-state index in [-0.39, 0.29) is 6.10 Å². The quantitative estimate of drug-likeness (QED) is 0.403. The van der Waals surface area contributed by atoms with Gasteiger partial charge in [-0.1, -0.05) is 18.2 Å². The summed E-state index contributed by atoms with van der Waals surface area (Å²) in [7, 11) is 1.34. The van der Waals surface area contributed by atoms with E-state index in [1.807, 2.05) is 56.3 Å². The summed E-state index contributed by atoms with van der Waals surface area (Å²) < 4.78 is 16.6. The maximum Gasteiger partial charge on any atom is 0.337 e. The highest BCUT2D eigenvalue weighted by Gasteiger charge is 2.33. The van der Waals surface area contributed by atoms with Gasteiger partial charge in [-0.25, -0.2) is 4.79 Å². The number of fused-ring (bicyclic) bond motifs is 2. The average molecular weight is 446 g/mol. The lowest BCUT2D eigenvalue weighted by atomic mass is 9.85. The second kappa shape index (κ2) is 8.98. The van der Waals surface area contributed by atoms with Gasteiger partial charge in [0.1, 0.15) is 17.4 Å². The molecule has 33 heavy (non-hydrogen) atoms. The van der Waals surface area contributed by atoms with Crippen LogP contribution >= 0.6 is 0 Å². The molecule has 0 saturated heterocycles. The van der Waals surface area contributed by atoms with Gasteiger partial charge in [0.15, 0.2) is 0 Å². The molecule has 1 aliphatic heterocycles. The topological polar surface area (TPSA) is 73.9 Å². The van der Waals surface area contributed by atoms with Crippen LogP contribution in [0.15, 0.2) is 54.6 Å². The first-order chi connectivity index (χ1) is 15.8. The van der Waals surface area contributed by atoms with Gasteiger partial charge in [-0.2, -0.15) is 0 Å². The van der Waals surface area contributed by atoms with E-state index in [4.69, 9.17) is 14.2 Å². The van der Waals surface area contributed by atoms with E-state index in [1.165, 1.54) is 7.11 Å². The summed E-state index contributed by atoms with van der Waals surface area (Å²) >= 11 is 0. The van der Waals surface area contributed by atoms with Crippen molar-refractivity contribution in [1.29, 1.82) is 0 Å². The first-order valence-corrected chi connectivity index (χ1v) is 10.9. The van der Waals surface area contributed by atoms with Crippen LogP contribution in [0.5, 0.6) is 11.5 Å². The monoisotopic (exact) mass is 445 g/mol. The molecule has 1 unspecified atom stereocenters.